The average molecular weight is 401 g/mol. The Hall–Kier alpha value is -2.94. The number of ether oxygens (including phenoxy) is 1. The number of rotatable bonds is 5. The van der Waals surface area contributed by atoms with Gasteiger partial charge in [0.2, 0.25) is 6.10 Å². The summed E-state index contributed by atoms with van der Waals surface area (Å²) in [5.41, 5.74) is 0.805. The molecule has 9 heteroatoms. The number of amidine groups is 1. The molecule has 8 nitrogen and oxygen atoms in total. The fraction of sp³-hybridized carbons (Fsp3) is 0.316. The molecule has 1 atom stereocenters. The summed E-state index contributed by atoms with van der Waals surface area (Å²) in [5, 5.41) is 2.87. The van der Waals surface area contributed by atoms with Gasteiger partial charge in [0.15, 0.2) is 0 Å². The second-order valence-corrected chi connectivity index (χ2v) is 8.58. The zero-order valence-corrected chi connectivity index (χ0v) is 15.8. The minimum absolute atomic E-state index is 0.125. The Morgan fingerprint density at radius 2 is 1.93 bits per heavy atom. The van der Waals surface area contributed by atoms with Crippen molar-refractivity contribution in [3.05, 3.63) is 59.8 Å². The van der Waals surface area contributed by atoms with Gasteiger partial charge in [-0.05, 0) is 25.0 Å². The molecule has 1 unspecified atom stereocenters. The van der Waals surface area contributed by atoms with E-state index < -0.39 is 22.1 Å². The lowest BCUT2D eigenvalue weighted by Crippen LogP contribution is -2.37. The highest BCUT2D eigenvalue weighted by Gasteiger charge is 2.32. The summed E-state index contributed by atoms with van der Waals surface area (Å²) in [4.78, 5) is 26.9. The quantitative estimate of drug-likeness (QED) is 0.740. The molecule has 4 rings (SSSR count). The van der Waals surface area contributed by atoms with Crippen molar-refractivity contribution in [2.45, 2.75) is 25.0 Å². The van der Waals surface area contributed by atoms with Crippen LogP contribution in [-0.4, -0.2) is 49.4 Å². The van der Waals surface area contributed by atoms with Crippen LogP contribution in [-0.2, 0) is 24.3 Å². The predicted octanol–water partition coefficient (Wildman–Crippen LogP) is 1.05. The summed E-state index contributed by atoms with van der Waals surface area (Å²) in [5.74, 6) is -0.884. The molecule has 0 bridgehead atoms. The highest BCUT2D eigenvalue weighted by Crippen LogP contribution is 2.25. The molecule has 1 aliphatic carbocycles. The monoisotopic (exact) mass is 401 g/mol. The van der Waals surface area contributed by atoms with E-state index in [2.05, 4.69) is 9.71 Å². The van der Waals surface area contributed by atoms with Crippen molar-refractivity contribution in [1.82, 2.24) is 10.2 Å². The third kappa shape index (κ3) is 4.14. The summed E-state index contributed by atoms with van der Waals surface area (Å²) < 4.78 is 32.4. The van der Waals surface area contributed by atoms with Gasteiger partial charge in [-0.2, -0.15) is 0 Å². The van der Waals surface area contributed by atoms with Crippen molar-refractivity contribution < 1.29 is 22.7 Å². The van der Waals surface area contributed by atoms with E-state index in [1.165, 1.54) is 18.4 Å². The maximum absolute atomic E-state index is 12.7. The normalized spacial score (nSPS) is 21.1. The number of carbonyl (C=O) groups is 2. The van der Waals surface area contributed by atoms with Crippen LogP contribution >= 0.6 is 0 Å². The standard InChI is InChI=1S/C19H19N3O5S/c23-18(20-15-7-8-15)17(13-4-2-1-3-5-13)27-19(24)14-6-9-16-21-28(25,26)11-10-22(16)12-14/h1-6,9,12,15,17H,7-8,10-11H2,(H,20,23). The van der Waals surface area contributed by atoms with Gasteiger partial charge in [-0.15, -0.1) is 4.40 Å². The van der Waals surface area contributed by atoms with E-state index in [0.29, 0.717) is 5.56 Å². The number of fused-ring (bicyclic) bond motifs is 1. The van der Waals surface area contributed by atoms with Gasteiger partial charge < -0.3 is 15.0 Å². The Labute approximate surface area is 162 Å². The molecule has 3 aliphatic rings. The van der Waals surface area contributed by atoms with Crippen molar-refractivity contribution in [1.29, 1.82) is 0 Å². The molecule has 2 aliphatic heterocycles. The Morgan fingerprint density at radius 3 is 2.64 bits per heavy atom. The van der Waals surface area contributed by atoms with E-state index in [4.69, 9.17) is 4.74 Å². The molecule has 1 saturated carbocycles. The maximum atomic E-state index is 12.7. The van der Waals surface area contributed by atoms with Gasteiger partial charge in [0.1, 0.15) is 5.84 Å². The zero-order valence-electron chi connectivity index (χ0n) is 14.9. The highest BCUT2D eigenvalue weighted by molar-refractivity contribution is 7.90. The third-order valence-electron chi connectivity index (χ3n) is 4.55. The molecule has 1 aromatic carbocycles. The summed E-state index contributed by atoms with van der Waals surface area (Å²) >= 11 is 0. The van der Waals surface area contributed by atoms with Crippen molar-refractivity contribution in [3.8, 4) is 0 Å². The van der Waals surface area contributed by atoms with Crippen LogP contribution in [0.5, 0.6) is 0 Å². The van der Waals surface area contributed by atoms with E-state index in [9.17, 15) is 18.0 Å². The maximum Gasteiger partial charge on any atom is 0.340 e. The van der Waals surface area contributed by atoms with E-state index in [1.807, 2.05) is 6.07 Å². The van der Waals surface area contributed by atoms with Gasteiger partial charge in [-0.1, -0.05) is 30.3 Å². The molecule has 0 radical (unpaired) electrons. The zero-order chi connectivity index (χ0) is 19.7. The number of carbonyl (C=O) groups excluding carboxylic acids is 2. The Morgan fingerprint density at radius 1 is 1.18 bits per heavy atom. The van der Waals surface area contributed by atoms with E-state index in [0.717, 1.165) is 12.8 Å². The lowest BCUT2D eigenvalue weighted by atomic mass is 10.1. The molecule has 1 aromatic rings. The fourth-order valence-corrected chi connectivity index (χ4v) is 3.87. The lowest BCUT2D eigenvalue weighted by molar-refractivity contribution is -0.152. The second-order valence-electron chi connectivity index (χ2n) is 6.83. The molecular formula is C19H19N3O5S. The van der Waals surface area contributed by atoms with Crippen LogP contribution in [0, 0.1) is 0 Å². The number of esters is 1. The summed E-state index contributed by atoms with van der Waals surface area (Å²) in [7, 11) is -3.47. The SMILES string of the molecule is O=C(OC(C(=O)NC1CC1)c1ccccc1)C1=CN2CCS(=O)(=O)N=C2C=C1. The van der Waals surface area contributed by atoms with Crippen LogP contribution in [0.15, 0.2) is 58.7 Å². The Bertz CT molecular complexity index is 994. The molecule has 1 fully saturated rings. The molecule has 0 aromatic heterocycles. The van der Waals surface area contributed by atoms with Crippen LogP contribution in [0.3, 0.4) is 0 Å². The second kappa shape index (κ2) is 7.23. The molecule has 0 spiro atoms. The van der Waals surface area contributed by atoms with E-state index in [-0.39, 0.29) is 35.7 Å². The smallest absolute Gasteiger partial charge is 0.340 e. The van der Waals surface area contributed by atoms with Crippen LogP contribution in [0.2, 0.25) is 0 Å². The summed E-state index contributed by atoms with van der Waals surface area (Å²) in [6.45, 7) is 0.201. The first kappa shape index (κ1) is 18.4. The largest absolute Gasteiger partial charge is 0.444 e. The first-order valence-electron chi connectivity index (χ1n) is 8.97. The van der Waals surface area contributed by atoms with Gasteiger partial charge in [0, 0.05) is 24.4 Å². The molecular weight excluding hydrogens is 382 g/mol. The molecule has 1 N–H and O–H groups in total. The number of nitrogens with one attached hydrogen (secondary N) is 1. The van der Waals surface area contributed by atoms with Crippen LogP contribution in [0.25, 0.3) is 0 Å². The highest BCUT2D eigenvalue weighted by atomic mass is 32.2. The van der Waals surface area contributed by atoms with Crippen molar-refractivity contribution in [2.24, 2.45) is 4.40 Å². The third-order valence-corrected chi connectivity index (χ3v) is 5.71. The number of amides is 1. The number of hydrogen-bond acceptors (Lipinski definition) is 6. The molecule has 28 heavy (non-hydrogen) atoms. The molecule has 2 heterocycles. The summed E-state index contributed by atoms with van der Waals surface area (Å²) in [6, 6.07) is 8.97. The lowest BCUT2D eigenvalue weighted by Gasteiger charge is -2.27. The predicted molar refractivity (Wildman–Crippen MR) is 102 cm³/mol. The molecule has 146 valence electrons. The van der Waals surface area contributed by atoms with Crippen molar-refractivity contribution in [3.63, 3.8) is 0 Å². The van der Waals surface area contributed by atoms with Crippen LogP contribution in [0.4, 0.5) is 0 Å². The topological polar surface area (TPSA) is 105 Å². The first-order valence-corrected chi connectivity index (χ1v) is 10.6. The van der Waals surface area contributed by atoms with Gasteiger partial charge in [0.25, 0.3) is 15.9 Å². The van der Waals surface area contributed by atoms with Gasteiger partial charge in [-0.25, -0.2) is 13.2 Å². The minimum atomic E-state index is -3.47. The minimum Gasteiger partial charge on any atom is -0.444 e. The van der Waals surface area contributed by atoms with Crippen molar-refractivity contribution in [2.75, 3.05) is 12.3 Å². The van der Waals surface area contributed by atoms with Crippen molar-refractivity contribution >= 4 is 27.7 Å². The Balaban J connectivity index is 1.52. The van der Waals surface area contributed by atoms with Crippen LogP contribution < -0.4 is 5.32 Å². The molecule has 0 saturated heterocycles. The summed E-state index contributed by atoms with van der Waals surface area (Å²) in [6.07, 6.45) is 5.19. The van der Waals surface area contributed by atoms with Gasteiger partial charge in [0.05, 0.1) is 11.3 Å². The fourth-order valence-electron chi connectivity index (χ4n) is 2.90. The molecule has 1 amide bonds. The van der Waals surface area contributed by atoms with Gasteiger partial charge >= 0.3 is 5.97 Å². The number of sulfonamides is 1. The Kier molecular flexibility index (Phi) is 4.76. The van der Waals surface area contributed by atoms with Gasteiger partial charge in [-0.3, -0.25) is 4.79 Å². The first-order chi connectivity index (χ1) is 13.4. The number of nitrogens with zero attached hydrogens (tertiary/aromatic N) is 2. The van der Waals surface area contributed by atoms with E-state index >= 15 is 0 Å². The van der Waals surface area contributed by atoms with E-state index in [1.54, 1.807) is 29.2 Å². The number of hydrogen-bond donors (Lipinski definition) is 1. The average Bonchev–Trinajstić information content (AvgIpc) is 3.49. The number of benzene rings is 1. The van der Waals surface area contributed by atoms with Crippen LogP contribution in [0.1, 0.15) is 24.5 Å².